The number of ether oxygens (including phenoxy) is 1. The Morgan fingerprint density at radius 1 is 1.11 bits per heavy atom. The van der Waals surface area contributed by atoms with Crippen LogP contribution in [-0.2, 0) is 0 Å². The summed E-state index contributed by atoms with van der Waals surface area (Å²) in [6.45, 7) is 0. The molecule has 0 fully saturated rings. The monoisotopic (exact) mass is 309 g/mol. The quantitative estimate of drug-likeness (QED) is 0.939. The normalized spacial score (nSPS) is 12.2. The lowest BCUT2D eigenvalue weighted by atomic mass is 9.99. The molecule has 0 aromatic heterocycles. The van der Waals surface area contributed by atoms with Crippen LogP contribution in [0.2, 0.25) is 0 Å². The fourth-order valence-electron chi connectivity index (χ4n) is 1.85. The van der Waals surface area contributed by atoms with Gasteiger partial charge in [-0.2, -0.15) is 0 Å². The topological polar surface area (TPSA) is 35.2 Å². The third-order valence-corrected chi connectivity index (χ3v) is 3.63. The maximum atomic E-state index is 13.5. The summed E-state index contributed by atoms with van der Waals surface area (Å²) < 4.78 is 19.2. The van der Waals surface area contributed by atoms with Crippen LogP contribution in [0, 0.1) is 5.82 Å². The third-order valence-electron chi connectivity index (χ3n) is 2.79. The molecule has 0 spiro atoms. The molecule has 18 heavy (non-hydrogen) atoms. The van der Waals surface area contributed by atoms with Gasteiger partial charge in [0, 0.05) is 5.56 Å². The Balaban J connectivity index is 2.48. The molecule has 2 rings (SSSR count). The van der Waals surface area contributed by atoms with Gasteiger partial charge in [0.2, 0.25) is 0 Å². The fraction of sp³-hybridized carbons (Fsp3) is 0.143. The van der Waals surface area contributed by atoms with Crippen LogP contribution >= 0.6 is 15.9 Å². The van der Waals surface area contributed by atoms with E-state index < -0.39 is 6.04 Å². The predicted octanol–water partition coefficient (Wildman–Crippen LogP) is 3.64. The van der Waals surface area contributed by atoms with Crippen molar-refractivity contribution in [2.24, 2.45) is 5.73 Å². The van der Waals surface area contributed by atoms with Crippen LogP contribution in [0.4, 0.5) is 4.39 Å². The summed E-state index contributed by atoms with van der Waals surface area (Å²) >= 11 is 3.23. The molecule has 2 aromatic rings. The lowest BCUT2D eigenvalue weighted by Crippen LogP contribution is -2.14. The first kappa shape index (κ1) is 13.1. The van der Waals surface area contributed by atoms with Crippen molar-refractivity contribution in [3.63, 3.8) is 0 Å². The van der Waals surface area contributed by atoms with Crippen molar-refractivity contribution in [3.8, 4) is 5.75 Å². The Bertz CT molecular complexity index is 559. The first-order chi connectivity index (χ1) is 8.65. The summed E-state index contributed by atoms with van der Waals surface area (Å²) in [5.41, 5.74) is 7.70. The maximum Gasteiger partial charge on any atom is 0.137 e. The van der Waals surface area contributed by atoms with Crippen molar-refractivity contribution in [1.82, 2.24) is 0 Å². The molecular formula is C14H13BrFNO. The van der Waals surface area contributed by atoms with Crippen LogP contribution in [0.25, 0.3) is 0 Å². The van der Waals surface area contributed by atoms with Crippen LogP contribution in [0.1, 0.15) is 17.2 Å². The van der Waals surface area contributed by atoms with E-state index in [-0.39, 0.29) is 5.82 Å². The summed E-state index contributed by atoms with van der Waals surface area (Å²) in [5.74, 6) is 0.374. The van der Waals surface area contributed by atoms with E-state index in [2.05, 4.69) is 15.9 Å². The average Bonchev–Trinajstić information content (AvgIpc) is 2.41. The summed E-state index contributed by atoms with van der Waals surface area (Å²) in [6.07, 6.45) is 0. The van der Waals surface area contributed by atoms with Gasteiger partial charge in [0.05, 0.1) is 17.6 Å². The van der Waals surface area contributed by atoms with Gasteiger partial charge in [0.1, 0.15) is 11.6 Å². The molecule has 94 valence electrons. The lowest BCUT2D eigenvalue weighted by molar-refractivity contribution is 0.407. The van der Waals surface area contributed by atoms with Gasteiger partial charge in [-0.15, -0.1) is 0 Å². The Hall–Kier alpha value is -1.39. The molecule has 1 unspecified atom stereocenters. The van der Waals surface area contributed by atoms with E-state index in [1.54, 1.807) is 19.2 Å². The van der Waals surface area contributed by atoms with Gasteiger partial charge < -0.3 is 10.5 Å². The summed E-state index contributed by atoms with van der Waals surface area (Å²) in [7, 11) is 1.59. The Labute approximate surface area is 114 Å². The molecular weight excluding hydrogens is 297 g/mol. The molecule has 0 heterocycles. The zero-order valence-electron chi connectivity index (χ0n) is 9.86. The summed E-state index contributed by atoms with van der Waals surface area (Å²) in [5, 5.41) is 0. The van der Waals surface area contributed by atoms with E-state index >= 15 is 0 Å². The van der Waals surface area contributed by atoms with E-state index in [4.69, 9.17) is 10.5 Å². The minimum atomic E-state index is -0.439. The molecule has 0 radical (unpaired) electrons. The number of hydrogen-bond acceptors (Lipinski definition) is 2. The van der Waals surface area contributed by atoms with Crippen LogP contribution in [-0.4, -0.2) is 7.11 Å². The van der Waals surface area contributed by atoms with E-state index in [1.165, 1.54) is 6.07 Å². The molecule has 4 heteroatoms. The van der Waals surface area contributed by atoms with E-state index in [9.17, 15) is 4.39 Å². The molecule has 0 saturated heterocycles. The predicted molar refractivity (Wildman–Crippen MR) is 73.1 cm³/mol. The molecule has 0 aliphatic heterocycles. The van der Waals surface area contributed by atoms with E-state index in [0.717, 1.165) is 5.56 Å². The van der Waals surface area contributed by atoms with E-state index in [0.29, 0.717) is 15.8 Å². The number of benzene rings is 2. The van der Waals surface area contributed by atoms with Gasteiger partial charge in [-0.3, -0.25) is 0 Å². The number of nitrogens with two attached hydrogens (primary N) is 1. The second-order valence-corrected chi connectivity index (χ2v) is 4.66. The number of halogens is 2. The highest BCUT2D eigenvalue weighted by atomic mass is 79.9. The van der Waals surface area contributed by atoms with Crippen molar-refractivity contribution in [2.75, 3.05) is 7.11 Å². The second kappa shape index (κ2) is 5.50. The molecule has 0 aliphatic carbocycles. The molecule has 0 amide bonds. The number of rotatable bonds is 3. The highest BCUT2D eigenvalue weighted by Crippen LogP contribution is 2.32. The van der Waals surface area contributed by atoms with Crippen molar-refractivity contribution in [1.29, 1.82) is 0 Å². The molecule has 2 aromatic carbocycles. The number of methoxy groups -OCH3 is 1. The molecule has 1 atom stereocenters. The number of para-hydroxylation sites is 1. The molecule has 0 aliphatic rings. The highest BCUT2D eigenvalue weighted by molar-refractivity contribution is 9.10. The molecule has 2 N–H and O–H groups in total. The minimum absolute atomic E-state index is 0.321. The van der Waals surface area contributed by atoms with Crippen molar-refractivity contribution in [3.05, 3.63) is 63.9 Å². The number of hydrogen-bond donors (Lipinski definition) is 1. The minimum Gasteiger partial charge on any atom is -0.496 e. The Morgan fingerprint density at radius 3 is 2.50 bits per heavy atom. The van der Waals surface area contributed by atoms with Crippen molar-refractivity contribution >= 4 is 15.9 Å². The van der Waals surface area contributed by atoms with Crippen molar-refractivity contribution < 1.29 is 9.13 Å². The Kier molecular flexibility index (Phi) is 3.99. The van der Waals surface area contributed by atoms with Gasteiger partial charge in [0.25, 0.3) is 0 Å². The van der Waals surface area contributed by atoms with Crippen LogP contribution in [0.5, 0.6) is 5.75 Å². The van der Waals surface area contributed by atoms with Crippen molar-refractivity contribution in [2.45, 2.75) is 6.04 Å². The van der Waals surface area contributed by atoms with E-state index in [1.807, 2.05) is 24.3 Å². The zero-order valence-corrected chi connectivity index (χ0v) is 11.4. The smallest absolute Gasteiger partial charge is 0.137 e. The average molecular weight is 310 g/mol. The van der Waals surface area contributed by atoms with Gasteiger partial charge in [-0.25, -0.2) is 4.39 Å². The van der Waals surface area contributed by atoms with Crippen LogP contribution in [0.15, 0.2) is 46.9 Å². The van der Waals surface area contributed by atoms with Gasteiger partial charge in [0.15, 0.2) is 0 Å². The standard InChI is InChI=1S/C14H13BrFNO/c1-18-12-8-3-2-5-9(12)14(17)10-6-4-7-11(16)13(10)15/h2-8,14H,17H2,1H3. The fourth-order valence-corrected chi connectivity index (χ4v) is 2.36. The van der Waals surface area contributed by atoms with Gasteiger partial charge in [-0.1, -0.05) is 30.3 Å². The molecule has 2 nitrogen and oxygen atoms in total. The molecule has 0 saturated carbocycles. The van der Waals surface area contributed by atoms with Gasteiger partial charge in [-0.05, 0) is 33.6 Å². The SMILES string of the molecule is COc1ccccc1C(N)c1cccc(F)c1Br. The van der Waals surface area contributed by atoms with Crippen LogP contribution in [0.3, 0.4) is 0 Å². The zero-order chi connectivity index (χ0) is 13.1. The lowest BCUT2D eigenvalue weighted by Gasteiger charge is -2.17. The Morgan fingerprint density at radius 2 is 1.78 bits per heavy atom. The first-order valence-corrected chi connectivity index (χ1v) is 6.27. The molecule has 0 bridgehead atoms. The van der Waals surface area contributed by atoms with Crippen LogP contribution < -0.4 is 10.5 Å². The summed E-state index contributed by atoms with van der Waals surface area (Å²) in [6, 6.07) is 11.9. The first-order valence-electron chi connectivity index (χ1n) is 5.47. The second-order valence-electron chi connectivity index (χ2n) is 3.86. The highest BCUT2D eigenvalue weighted by Gasteiger charge is 2.17. The largest absolute Gasteiger partial charge is 0.496 e. The maximum absolute atomic E-state index is 13.5. The third kappa shape index (κ3) is 2.40. The summed E-state index contributed by atoms with van der Waals surface area (Å²) in [4.78, 5) is 0. The van der Waals surface area contributed by atoms with Gasteiger partial charge >= 0.3 is 0 Å².